The summed E-state index contributed by atoms with van der Waals surface area (Å²) in [4.78, 5) is 11.9. The van der Waals surface area contributed by atoms with Crippen molar-refractivity contribution in [1.82, 2.24) is 10.6 Å². The van der Waals surface area contributed by atoms with Crippen molar-refractivity contribution < 1.29 is 4.79 Å². The first-order chi connectivity index (χ1) is 9.86. The second kappa shape index (κ2) is 8.75. The number of amides is 1. The third-order valence-electron chi connectivity index (χ3n) is 3.99. The molecule has 1 aliphatic heterocycles. The summed E-state index contributed by atoms with van der Waals surface area (Å²) < 4.78 is 0. The maximum Gasteiger partial charge on any atom is 0.223 e. The quantitative estimate of drug-likeness (QED) is 0.750. The Balaban J connectivity index is 1.50. The predicted molar refractivity (Wildman–Crippen MR) is 82.6 cm³/mol. The molecule has 110 valence electrons. The molecule has 0 radical (unpaired) electrons. The van der Waals surface area contributed by atoms with Crippen LogP contribution >= 0.6 is 0 Å². The number of aryl methyl sites for hydroxylation is 1. The molecule has 1 amide bonds. The molecule has 0 aliphatic carbocycles. The molecule has 1 aromatic rings. The van der Waals surface area contributed by atoms with Gasteiger partial charge in [0.05, 0.1) is 0 Å². The molecule has 20 heavy (non-hydrogen) atoms. The summed E-state index contributed by atoms with van der Waals surface area (Å²) in [5.41, 5.74) is 1.41. The number of benzene rings is 1. The molecule has 0 aromatic heterocycles. The molecule has 3 heteroatoms. The van der Waals surface area contributed by atoms with Crippen molar-refractivity contribution >= 4 is 5.91 Å². The molecule has 0 atom stereocenters. The van der Waals surface area contributed by atoms with Gasteiger partial charge in [0.2, 0.25) is 5.91 Å². The van der Waals surface area contributed by atoms with Crippen LogP contribution in [0.4, 0.5) is 0 Å². The fourth-order valence-electron chi connectivity index (χ4n) is 2.72. The van der Waals surface area contributed by atoms with Crippen molar-refractivity contribution in [3.8, 4) is 0 Å². The van der Waals surface area contributed by atoms with Gasteiger partial charge in [0.1, 0.15) is 0 Å². The number of carbonyl (C=O) groups excluding carboxylic acids is 1. The average molecular weight is 274 g/mol. The molecule has 1 fully saturated rings. The summed E-state index contributed by atoms with van der Waals surface area (Å²) in [7, 11) is 0. The molecule has 0 unspecified atom stereocenters. The fourth-order valence-corrected chi connectivity index (χ4v) is 2.72. The fraction of sp³-hybridized carbons (Fsp3) is 0.588. The molecule has 1 saturated heterocycles. The van der Waals surface area contributed by atoms with Gasteiger partial charge in [-0.1, -0.05) is 36.8 Å². The molecular weight excluding hydrogens is 248 g/mol. The van der Waals surface area contributed by atoms with Crippen LogP contribution in [0.15, 0.2) is 30.3 Å². The van der Waals surface area contributed by atoms with E-state index in [4.69, 9.17) is 0 Å². The van der Waals surface area contributed by atoms with E-state index in [9.17, 15) is 4.79 Å². The number of carbonyl (C=O) groups is 1. The first kappa shape index (κ1) is 15.0. The smallest absolute Gasteiger partial charge is 0.223 e. The summed E-state index contributed by atoms with van der Waals surface area (Å²) in [6.07, 6.45) is 6.58. The number of rotatable bonds is 7. The van der Waals surface area contributed by atoms with Crippen LogP contribution in [0.1, 0.15) is 37.7 Å². The molecular formula is C17H26N2O. The van der Waals surface area contributed by atoms with Crippen molar-refractivity contribution in [2.75, 3.05) is 19.6 Å². The van der Waals surface area contributed by atoms with Crippen LogP contribution in [-0.2, 0) is 11.2 Å². The SMILES string of the molecule is O=C(NCCCCCc1ccccc1)C1CCNCC1. The molecule has 0 spiro atoms. The lowest BCUT2D eigenvalue weighted by Crippen LogP contribution is -2.38. The van der Waals surface area contributed by atoms with Crippen molar-refractivity contribution in [2.24, 2.45) is 5.92 Å². The van der Waals surface area contributed by atoms with Gasteiger partial charge in [0.15, 0.2) is 0 Å². The lowest BCUT2D eigenvalue weighted by Gasteiger charge is -2.21. The predicted octanol–water partition coefficient (Wildman–Crippen LogP) is 2.52. The lowest BCUT2D eigenvalue weighted by atomic mass is 9.97. The zero-order chi connectivity index (χ0) is 14.0. The Morgan fingerprint density at radius 3 is 2.60 bits per heavy atom. The van der Waals surface area contributed by atoms with Gasteiger partial charge in [-0.15, -0.1) is 0 Å². The van der Waals surface area contributed by atoms with Crippen molar-refractivity contribution in [1.29, 1.82) is 0 Å². The van der Waals surface area contributed by atoms with E-state index in [0.717, 1.165) is 45.3 Å². The largest absolute Gasteiger partial charge is 0.356 e. The van der Waals surface area contributed by atoms with Gasteiger partial charge in [-0.2, -0.15) is 0 Å². The second-order valence-corrected chi connectivity index (χ2v) is 5.61. The zero-order valence-electron chi connectivity index (χ0n) is 12.2. The molecule has 1 heterocycles. The van der Waals surface area contributed by atoms with E-state index >= 15 is 0 Å². The Hall–Kier alpha value is -1.35. The van der Waals surface area contributed by atoms with Crippen LogP contribution < -0.4 is 10.6 Å². The third kappa shape index (κ3) is 5.33. The van der Waals surface area contributed by atoms with Crippen LogP contribution in [0.5, 0.6) is 0 Å². The molecule has 2 rings (SSSR count). The molecule has 0 saturated carbocycles. The summed E-state index contributed by atoms with van der Waals surface area (Å²) in [6, 6.07) is 10.6. The van der Waals surface area contributed by atoms with Gasteiger partial charge < -0.3 is 10.6 Å². The molecule has 3 nitrogen and oxygen atoms in total. The topological polar surface area (TPSA) is 41.1 Å². The monoisotopic (exact) mass is 274 g/mol. The highest BCUT2D eigenvalue weighted by molar-refractivity contribution is 5.78. The van der Waals surface area contributed by atoms with Gasteiger partial charge in [0, 0.05) is 12.5 Å². The van der Waals surface area contributed by atoms with Crippen molar-refractivity contribution in [3.05, 3.63) is 35.9 Å². The van der Waals surface area contributed by atoms with Gasteiger partial charge in [0.25, 0.3) is 0 Å². The number of nitrogens with one attached hydrogen (secondary N) is 2. The Labute approximate surface area is 122 Å². The van der Waals surface area contributed by atoms with Crippen molar-refractivity contribution in [3.63, 3.8) is 0 Å². The van der Waals surface area contributed by atoms with E-state index in [0.29, 0.717) is 0 Å². The first-order valence-corrected chi connectivity index (χ1v) is 7.88. The van der Waals surface area contributed by atoms with E-state index < -0.39 is 0 Å². The molecule has 1 aromatic carbocycles. The summed E-state index contributed by atoms with van der Waals surface area (Å²) in [5, 5.41) is 6.37. The van der Waals surface area contributed by atoms with Crippen LogP contribution in [0.2, 0.25) is 0 Å². The average Bonchev–Trinajstić information content (AvgIpc) is 2.52. The van der Waals surface area contributed by atoms with E-state index in [1.165, 1.54) is 18.4 Å². The Bertz CT molecular complexity index is 385. The Kier molecular flexibility index (Phi) is 6.58. The zero-order valence-corrected chi connectivity index (χ0v) is 12.2. The van der Waals surface area contributed by atoms with E-state index in [1.807, 2.05) is 0 Å². The number of unbranched alkanes of at least 4 members (excludes halogenated alkanes) is 2. The van der Waals surface area contributed by atoms with Crippen LogP contribution in [0, 0.1) is 5.92 Å². The Morgan fingerprint density at radius 1 is 1.10 bits per heavy atom. The van der Waals surface area contributed by atoms with Gasteiger partial charge in [-0.05, 0) is 50.8 Å². The van der Waals surface area contributed by atoms with Crippen molar-refractivity contribution in [2.45, 2.75) is 38.5 Å². The highest BCUT2D eigenvalue weighted by Crippen LogP contribution is 2.11. The van der Waals surface area contributed by atoms with E-state index in [1.54, 1.807) is 0 Å². The second-order valence-electron chi connectivity index (χ2n) is 5.61. The number of piperidine rings is 1. The van der Waals surface area contributed by atoms with Crippen LogP contribution in [-0.4, -0.2) is 25.5 Å². The van der Waals surface area contributed by atoms with E-state index in [2.05, 4.69) is 41.0 Å². The normalized spacial score (nSPS) is 16.0. The van der Waals surface area contributed by atoms with Crippen LogP contribution in [0.3, 0.4) is 0 Å². The lowest BCUT2D eigenvalue weighted by molar-refractivity contribution is -0.125. The van der Waals surface area contributed by atoms with Gasteiger partial charge in [-0.25, -0.2) is 0 Å². The highest BCUT2D eigenvalue weighted by Gasteiger charge is 2.19. The summed E-state index contributed by atoms with van der Waals surface area (Å²) in [6.45, 7) is 2.79. The standard InChI is InChI=1S/C17H26N2O/c20-17(16-10-13-18-14-11-16)19-12-6-2-5-9-15-7-3-1-4-8-15/h1,3-4,7-8,16,18H,2,5-6,9-14H2,(H,19,20). The minimum absolute atomic E-state index is 0.237. The Morgan fingerprint density at radius 2 is 1.85 bits per heavy atom. The molecule has 1 aliphatic rings. The summed E-state index contributed by atoms with van der Waals surface area (Å²) >= 11 is 0. The summed E-state index contributed by atoms with van der Waals surface area (Å²) in [5.74, 6) is 0.495. The molecule has 2 N–H and O–H groups in total. The van der Waals surface area contributed by atoms with E-state index in [-0.39, 0.29) is 11.8 Å². The van der Waals surface area contributed by atoms with Gasteiger partial charge in [-0.3, -0.25) is 4.79 Å². The maximum absolute atomic E-state index is 11.9. The number of hydrogen-bond acceptors (Lipinski definition) is 2. The number of hydrogen-bond donors (Lipinski definition) is 2. The third-order valence-corrected chi connectivity index (χ3v) is 3.99. The first-order valence-electron chi connectivity index (χ1n) is 7.88. The molecule has 0 bridgehead atoms. The highest BCUT2D eigenvalue weighted by atomic mass is 16.1. The minimum atomic E-state index is 0.237. The van der Waals surface area contributed by atoms with Gasteiger partial charge >= 0.3 is 0 Å². The minimum Gasteiger partial charge on any atom is -0.356 e. The van der Waals surface area contributed by atoms with Crippen LogP contribution in [0.25, 0.3) is 0 Å². The maximum atomic E-state index is 11.9.